The Hall–Kier alpha value is -1.07. The van der Waals surface area contributed by atoms with Crippen molar-refractivity contribution in [3.05, 3.63) is 12.7 Å². The third kappa shape index (κ3) is 8.55. The van der Waals surface area contributed by atoms with Crippen molar-refractivity contribution in [2.75, 3.05) is 23.0 Å². The maximum absolute atomic E-state index is 13.6. The van der Waals surface area contributed by atoms with Crippen LogP contribution in [0.2, 0.25) is 0 Å². The van der Waals surface area contributed by atoms with Crippen LogP contribution in [-0.2, 0) is 9.53 Å². The lowest BCUT2D eigenvalue weighted by Crippen LogP contribution is -2.53. The van der Waals surface area contributed by atoms with Crippen LogP contribution in [-0.4, -0.2) is 71.1 Å². The number of alkyl halides is 14. The maximum Gasteiger partial charge on any atom is 0.431 e. The van der Waals surface area contributed by atoms with Gasteiger partial charge in [0.2, 0.25) is 0 Å². The van der Waals surface area contributed by atoms with E-state index in [1.54, 1.807) is 0 Å². The first-order valence-corrected chi connectivity index (χ1v) is 11.0. The quantitative estimate of drug-likeness (QED) is 0.109. The van der Waals surface area contributed by atoms with Crippen LogP contribution in [0.1, 0.15) is 12.8 Å². The average molecular weight is 570 g/mol. The zero-order valence-corrected chi connectivity index (χ0v) is 18.2. The number of halogens is 14. The number of carbonyl (C=O) groups excluding carboxylic acids is 1. The molecule has 0 aromatic carbocycles. The number of thioether (sulfide) groups is 2. The van der Waals surface area contributed by atoms with Crippen molar-refractivity contribution >= 4 is 29.5 Å². The Bertz CT molecular complexity index is 595. The van der Waals surface area contributed by atoms with E-state index < -0.39 is 84.0 Å². The standard InChI is InChI=1S/C16H16F14O2S2/c1-2-10(31)32-9(7-33-5-3-11(17,13(19,20)21)14(22,23)24)8-34-6-4-12(18,15(25,26)27)16(28,29)30/h2,9H,1,3-8H2. The molecular weight excluding hydrogens is 554 g/mol. The summed E-state index contributed by atoms with van der Waals surface area (Å²) in [5.41, 5.74) is -11.1. The topological polar surface area (TPSA) is 26.3 Å². The molecule has 0 aliphatic rings. The number of hydrogen-bond donors (Lipinski definition) is 0. The van der Waals surface area contributed by atoms with Gasteiger partial charge in [-0.25, -0.2) is 13.6 Å². The smallest absolute Gasteiger partial charge is 0.431 e. The van der Waals surface area contributed by atoms with Gasteiger partial charge in [-0.3, -0.25) is 0 Å². The summed E-state index contributed by atoms with van der Waals surface area (Å²) in [7, 11) is 0. The molecule has 202 valence electrons. The first-order valence-electron chi connectivity index (χ1n) is 8.66. The monoisotopic (exact) mass is 570 g/mol. The zero-order chi connectivity index (χ0) is 27.2. The van der Waals surface area contributed by atoms with Crippen molar-refractivity contribution in [1.29, 1.82) is 0 Å². The highest BCUT2D eigenvalue weighted by molar-refractivity contribution is 8.00. The van der Waals surface area contributed by atoms with E-state index in [4.69, 9.17) is 0 Å². The summed E-state index contributed by atoms with van der Waals surface area (Å²) in [5, 5.41) is 0. The van der Waals surface area contributed by atoms with Crippen molar-refractivity contribution < 1.29 is 71.0 Å². The van der Waals surface area contributed by atoms with Gasteiger partial charge in [-0.2, -0.15) is 76.2 Å². The Morgan fingerprint density at radius 2 is 0.971 bits per heavy atom. The van der Waals surface area contributed by atoms with Crippen molar-refractivity contribution in [3.8, 4) is 0 Å². The summed E-state index contributed by atoms with van der Waals surface area (Å²) in [6.07, 6.45) is -30.2. The van der Waals surface area contributed by atoms with Crippen LogP contribution >= 0.6 is 23.5 Å². The summed E-state index contributed by atoms with van der Waals surface area (Å²) in [5.74, 6) is -4.58. The molecular formula is C16H16F14O2S2. The van der Waals surface area contributed by atoms with Crippen LogP contribution in [0.15, 0.2) is 12.7 Å². The number of esters is 1. The fraction of sp³-hybridized carbons (Fsp3) is 0.812. The molecule has 0 N–H and O–H groups in total. The van der Waals surface area contributed by atoms with Gasteiger partial charge in [0.05, 0.1) is 0 Å². The summed E-state index contributed by atoms with van der Waals surface area (Å²) < 4.78 is 182. The van der Waals surface area contributed by atoms with E-state index in [-0.39, 0.29) is 23.5 Å². The highest BCUT2D eigenvalue weighted by Crippen LogP contribution is 2.50. The Morgan fingerprint density at radius 1 is 0.676 bits per heavy atom. The Labute approximate surface area is 191 Å². The largest absolute Gasteiger partial charge is 0.457 e. The summed E-state index contributed by atoms with van der Waals surface area (Å²) >= 11 is 0.492. The predicted octanol–water partition coefficient (Wildman–Crippen LogP) is 7.00. The third-order valence-corrected chi connectivity index (χ3v) is 6.24. The van der Waals surface area contributed by atoms with Crippen LogP contribution in [0, 0.1) is 0 Å². The van der Waals surface area contributed by atoms with Gasteiger partial charge in [-0.1, -0.05) is 6.58 Å². The minimum Gasteiger partial charge on any atom is -0.457 e. The normalized spacial score (nSPS) is 14.4. The maximum atomic E-state index is 13.6. The van der Waals surface area contributed by atoms with E-state index in [1.165, 1.54) is 0 Å². The second-order valence-corrected chi connectivity index (χ2v) is 8.81. The number of rotatable bonds is 12. The fourth-order valence-corrected chi connectivity index (χ4v) is 4.30. The van der Waals surface area contributed by atoms with E-state index in [0.717, 1.165) is 0 Å². The first kappa shape index (κ1) is 32.9. The van der Waals surface area contributed by atoms with E-state index in [0.29, 0.717) is 6.08 Å². The van der Waals surface area contributed by atoms with E-state index in [1.807, 2.05) is 0 Å². The highest BCUT2D eigenvalue weighted by Gasteiger charge is 2.72. The summed E-state index contributed by atoms with van der Waals surface area (Å²) in [6.45, 7) is 2.99. The van der Waals surface area contributed by atoms with Crippen molar-refractivity contribution in [3.63, 3.8) is 0 Å². The molecule has 34 heavy (non-hydrogen) atoms. The van der Waals surface area contributed by atoms with E-state index >= 15 is 0 Å². The molecule has 0 unspecified atom stereocenters. The van der Waals surface area contributed by atoms with Crippen LogP contribution < -0.4 is 0 Å². The van der Waals surface area contributed by atoms with Crippen LogP contribution in [0.3, 0.4) is 0 Å². The minimum absolute atomic E-state index is 0.246. The molecule has 0 aromatic heterocycles. The van der Waals surface area contributed by atoms with Gasteiger partial charge < -0.3 is 4.74 Å². The molecule has 0 radical (unpaired) electrons. The second kappa shape index (κ2) is 11.8. The average Bonchev–Trinajstić information content (AvgIpc) is 2.63. The van der Waals surface area contributed by atoms with Crippen LogP contribution in [0.25, 0.3) is 0 Å². The molecule has 18 heteroatoms. The summed E-state index contributed by atoms with van der Waals surface area (Å²) in [6, 6.07) is 0. The molecule has 0 saturated heterocycles. The molecule has 0 fully saturated rings. The molecule has 0 amide bonds. The molecule has 0 aliphatic carbocycles. The fourth-order valence-electron chi connectivity index (χ4n) is 2.07. The van der Waals surface area contributed by atoms with Gasteiger partial charge in [0, 0.05) is 30.4 Å². The lowest BCUT2D eigenvalue weighted by molar-refractivity contribution is -0.342. The van der Waals surface area contributed by atoms with Gasteiger partial charge in [0.1, 0.15) is 6.10 Å². The Balaban J connectivity index is 5.04. The van der Waals surface area contributed by atoms with Crippen LogP contribution in [0.5, 0.6) is 0 Å². The van der Waals surface area contributed by atoms with Crippen molar-refractivity contribution in [1.82, 2.24) is 0 Å². The molecule has 0 spiro atoms. The van der Waals surface area contributed by atoms with Gasteiger partial charge >= 0.3 is 30.7 Å². The van der Waals surface area contributed by atoms with Gasteiger partial charge in [-0.15, -0.1) is 0 Å². The Morgan fingerprint density at radius 3 is 1.21 bits per heavy atom. The van der Waals surface area contributed by atoms with Crippen molar-refractivity contribution in [2.24, 2.45) is 0 Å². The summed E-state index contributed by atoms with van der Waals surface area (Å²) in [4.78, 5) is 11.3. The molecule has 0 aliphatic heterocycles. The lowest BCUT2D eigenvalue weighted by atomic mass is 10.0. The number of carbonyl (C=O) groups is 1. The second-order valence-electron chi connectivity index (χ2n) is 6.51. The SMILES string of the molecule is C=CC(=O)OC(CSCCC(F)(C(F)(F)F)C(F)(F)F)CSCCC(F)(C(F)(F)F)C(F)(F)F. The number of ether oxygens (including phenoxy) is 1. The number of hydrogen-bond acceptors (Lipinski definition) is 4. The molecule has 0 rings (SSSR count). The molecule has 0 atom stereocenters. The van der Waals surface area contributed by atoms with E-state index in [2.05, 4.69) is 11.3 Å². The van der Waals surface area contributed by atoms with Gasteiger partial charge in [0.15, 0.2) is 0 Å². The lowest BCUT2D eigenvalue weighted by Gasteiger charge is -2.30. The predicted molar refractivity (Wildman–Crippen MR) is 95.9 cm³/mol. The van der Waals surface area contributed by atoms with Crippen LogP contribution in [0.4, 0.5) is 61.5 Å². The third-order valence-electron chi connectivity index (χ3n) is 4.04. The zero-order valence-electron chi connectivity index (χ0n) is 16.5. The molecule has 0 saturated carbocycles. The molecule has 0 heterocycles. The van der Waals surface area contributed by atoms with Gasteiger partial charge in [-0.05, 0) is 11.5 Å². The van der Waals surface area contributed by atoms with Gasteiger partial charge in [0.25, 0.3) is 11.3 Å². The Kier molecular flexibility index (Phi) is 11.4. The van der Waals surface area contributed by atoms with E-state index in [9.17, 15) is 66.3 Å². The molecule has 0 aromatic rings. The molecule has 0 bridgehead atoms. The first-order chi connectivity index (χ1) is 15.0. The molecule has 2 nitrogen and oxygen atoms in total. The van der Waals surface area contributed by atoms with Crippen molar-refractivity contribution in [2.45, 2.75) is 55.0 Å². The highest BCUT2D eigenvalue weighted by atomic mass is 32.2. The minimum atomic E-state index is -6.29.